The second-order valence-electron chi connectivity index (χ2n) is 6.04. The Balaban J connectivity index is 1.62. The van der Waals surface area contributed by atoms with Crippen molar-refractivity contribution in [1.82, 2.24) is 15.3 Å². The summed E-state index contributed by atoms with van der Waals surface area (Å²) >= 11 is 7.51. The topological polar surface area (TPSA) is 54.9 Å². The van der Waals surface area contributed by atoms with Crippen LogP contribution in [0.4, 0.5) is 0 Å². The number of halogens is 1. The van der Waals surface area contributed by atoms with Crippen molar-refractivity contribution in [1.29, 1.82) is 0 Å². The minimum absolute atomic E-state index is 0.110. The minimum atomic E-state index is -0.110. The van der Waals surface area contributed by atoms with Gasteiger partial charge in [0, 0.05) is 24.3 Å². The summed E-state index contributed by atoms with van der Waals surface area (Å²) in [6.45, 7) is 0.543. The Labute approximate surface area is 165 Å². The van der Waals surface area contributed by atoms with E-state index >= 15 is 0 Å². The number of nitrogens with one attached hydrogen (secondary N) is 1. The molecule has 0 unspecified atom stereocenters. The first-order valence-corrected chi connectivity index (χ1v) is 9.73. The number of thiophene rings is 1. The van der Waals surface area contributed by atoms with Gasteiger partial charge in [0.1, 0.15) is 0 Å². The van der Waals surface area contributed by atoms with E-state index in [0.717, 1.165) is 33.5 Å². The van der Waals surface area contributed by atoms with Gasteiger partial charge in [0.05, 0.1) is 26.0 Å². The summed E-state index contributed by atoms with van der Waals surface area (Å²) in [5.74, 6) is -0.110. The molecule has 1 aromatic carbocycles. The smallest absolute Gasteiger partial charge is 0.252 e. The molecule has 0 fully saturated rings. The summed E-state index contributed by atoms with van der Waals surface area (Å²) < 4.78 is 0.697. The quantitative estimate of drug-likeness (QED) is 0.520. The van der Waals surface area contributed by atoms with E-state index in [9.17, 15) is 4.79 Å². The van der Waals surface area contributed by atoms with Crippen molar-refractivity contribution < 1.29 is 4.79 Å². The Morgan fingerprint density at radius 2 is 2.00 bits per heavy atom. The Bertz CT molecular complexity index is 1090. The molecule has 3 aromatic heterocycles. The van der Waals surface area contributed by atoms with Gasteiger partial charge in [0.2, 0.25) is 0 Å². The van der Waals surface area contributed by atoms with E-state index < -0.39 is 0 Å². The molecule has 3 heterocycles. The predicted molar refractivity (Wildman–Crippen MR) is 110 cm³/mol. The fourth-order valence-electron chi connectivity index (χ4n) is 2.90. The number of hydrogen-bond acceptors (Lipinski definition) is 4. The SMILES string of the molecule is O=C(NCCc1cccnc1)c1cc(-c2ccc(Cl)s2)nc2ccccc12. The van der Waals surface area contributed by atoms with Crippen molar-refractivity contribution in [2.24, 2.45) is 0 Å². The molecule has 4 aromatic rings. The molecule has 134 valence electrons. The Morgan fingerprint density at radius 3 is 2.78 bits per heavy atom. The van der Waals surface area contributed by atoms with Crippen molar-refractivity contribution in [2.75, 3.05) is 6.54 Å². The second kappa shape index (κ2) is 7.86. The number of para-hydroxylation sites is 1. The summed E-state index contributed by atoms with van der Waals surface area (Å²) in [6.07, 6.45) is 4.28. The van der Waals surface area contributed by atoms with Crippen LogP contribution in [0, 0.1) is 0 Å². The zero-order valence-corrected chi connectivity index (χ0v) is 15.9. The van der Waals surface area contributed by atoms with Crippen LogP contribution in [0.5, 0.6) is 0 Å². The van der Waals surface area contributed by atoms with E-state index in [-0.39, 0.29) is 5.91 Å². The van der Waals surface area contributed by atoms with E-state index in [1.165, 1.54) is 11.3 Å². The maximum absolute atomic E-state index is 12.9. The number of aromatic nitrogens is 2. The minimum Gasteiger partial charge on any atom is -0.352 e. The largest absolute Gasteiger partial charge is 0.352 e. The van der Waals surface area contributed by atoms with Gasteiger partial charge in [-0.1, -0.05) is 35.9 Å². The van der Waals surface area contributed by atoms with Crippen LogP contribution in [0.15, 0.2) is 67.0 Å². The van der Waals surface area contributed by atoms with Gasteiger partial charge >= 0.3 is 0 Å². The molecule has 0 spiro atoms. The molecule has 0 aliphatic heterocycles. The lowest BCUT2D eigenvalue weighted by molar-refractivity contribution is 0.0955. The van der Waals surface area contributed by atoms with Crippen LogP contribution in [0.3, 0.4) is 0 Å². The van der Waals surface area contributed by atoms with Gasteiger partial charge in [0.25, 0.3) is 5.91 Å². The van der Waals surface area contributed by atoms with Crippen molar-refractivity contribution in [2.45, 2.75) is 6.42 Å². The van der Waals surface area contributed by atoms with Crippen molar-refractivity contribution in [3.05, 3.63) is 82.5 Å². The fourth-order valence-corrected chi connectivity index (χ4v) is 3.91. The van der Waals surface area contributed by atoms with Crippen LogP contribution in [-0.2, 0) is 6.42 Å². The van der Waals surface area contributed by atoms with Crippen LogP contribution in [0.1, 0.15) is 15.9 Å². The third kappa shape index (κ3) is 3.99. The van der Waals surface area contributed by atoms with Crippen molar-refractivity contribution >= 4 is 39.7 Å². The summed E-state index contributed by atoms with van der Waals surface area (Å²) in [6, 6.07) is 17.2. The number of benzene rings is 1. The van der Waals surface area contributed by atoms with Crippen LogP contribution in [0.2, 0.25) is 4.34 Å². The van der Waals surface area contributed by atoms with Crippen molar-refractivity contribution in [3.8, 4) is 10.6 Å². The number of fused-ring (bicyclic) bond motifs is 1. The van der Waals surface area contributed by atoms with Gasteiger partial charge in [-0.05, 0) is 42.3 Å². The standard InChI is InChI=1S/C21H16ClN3OS/c22-20-8-7-19(27-20)18-12-16(15-5-1-2-6-17(15)25-18)21(26)24-11-9-14-4-3-10-23-13-14/h1-8,10,12-13H,9,11H2,(H,24,26). The first kappa shape index (κ1) is 17.6. The summed E-state index contributed by atoms with van der Waals surface area (Å²) in [5.41, 5.74) is 3.25. The first-order valence-electron chi connectivity index (χ1n) is 8.53. The fraction of sp³-hybridized carbons (Fsp3) is 0.0952. The highest BCUT2D eigenvalue weighted by Crippen LogP contribution is 2.32. The molecule has 0 saturated carbocycles. The van der Waals surface area contributed by atoms with E-state index in [2.05, 4.69) is 10.3 Å². The van der Waals surface area contributed by atoms with Crippen LogP contribution in [-0.4, -0.2) is 22.4 Å². The highest BCUT2D eigenvalue weighted by molar-refractivity contribution is 7.19. The lowest BCUT2D eigenvalue weighted by Crippen LogP contribution is -2.26. The molecule has 0 bridgehead atoms. The van der Waals surface area contributed by atoms with Gasteiger partial charge < -0.3 is 5.32 Å². The molecule has 0 aliphatic carbocycles. The van der Waals surface area contributed by atoms with Gasteiger partial charge in [-0.3, -0.25) is 9.78 Å². The second-order valence-corrected chi connectivity index (χ2v) is 7.76. The molecular formula is C21H16ClN3OS. The lowest BCUT2D eigenvalue weighted by Gasteiger charge is -2.10. The third-order valence-electron chi connectivity index (χ3n) is 4.21. The van der Waals surface area contributed by atoms with Crippen LogP contribution < -0.4 is 5.32 Å². The van der Waals surface area contributed by atoms with Gasteiger partial charge in [-0.25, -0.2) is 4.98 Å². The van der Waals surface area contributed by atoms with Crippen LogP contribution in [0.25, 0.3) is 21.5 Å². The lowest BCUT2D eigenvalue weighted by atomic mass is 10.1. The zero-order valence-electron chi connectivity index (χ0n) is 14.4. The molecule has 6 heteroatoms. The summed E-state index contributed by atoms with van der Waals surface area (Å²) in [7, 11) is 0. The Morgan fingerprint density at radius 1 is 1.11 bits per heavy atom. The summed E-state index contributed by atoms with van der Waals surface area (Å²) in [5, 5.41) is 3.84. The molecule has 1 N–H and O–H groups in total. The molecule has 27 heavy (non-hydrogen) atoms. The first-order chi connectivity index (χ1) is 13.2. The highest BCUT2D eigenvalue weighted by atomic mass is 35.5. The monoisotopic (exact) mass is 393 g/mol. The highest BCUT2D eigenvalue weighted by Gasteiger charge is 2.14. The number of rotatable bonds is 5. The van der Waals surface area contributed by atoms with Gasteiger partial charge in [-0.2, -0.15) is 0 Å². The average Bonchev–Trinajstić information content (AvgIpc) is 3.14. The maximum Gasteiger partial charge on any atom is 0.252 e. The Hall–Kier alpha value is -2.76. The molecule has 4 rings (SSSR count). The molecule has 0 aliphatic rings. The Kier molecular flexibility index (Phi) is 5.14. The molecule has 4 nitrogen and oxygen atoms in total. The number of carbonyl (C=O) groups is 1. The van der Waals surface area contributed by atoms with Gasteiger partial charge in [-0.15, -0.1) is 11.3 Å². The predicted octanol–water partition coefficient (Wildman–Crippen LogP) is 4.98. The number of pyridine rings is 2. The molecule has 0 atom stereocenters. The van der Waals surface area contributed by atoms with E-state index in [0.29, 0.717) is 16.4 Å². The number of nitrogens with zero attached hydrogens (tertiary/aromatic N) is 2. The van der Waals surface area contributed by atoms with E-state index in [4.69, 9.17) is 16.6 Å². The molecular weight excluding hydrogens is 378 g/mol. The normalized spacial score (nSPS) is 10.9. The number of hydrogen-bond donors (Lipinski definition) is 1. The number of carbonyl (C=O) groups excluding carboxylic acids is 1. The van der Waals surface area contributed by atoms with E-state index in [1.807, 2.05) is 60.8 Å². The number of amides is 1. The average molecular weight is 394 g/mol. The van der Waals surface area contributed by atoms with Gasteiger partial charge in [0.15, 0.2) is 0 Å². The van der Waals surface area contributed by atoms with Crippen LogP contribution >= 0.6 is 22.9 Å². The third-order valence-corrected chi connectivity index (χ3v) is 5.46. The van der Waals surface area contributed by atoms with E-state index in [1.54, 1.807) is 6.20 Å². The summed E-state index contributed by atoms with van der Waals surface area (Å²) in [4.78, 5) is 22.6. The molecule has 0 saturated heterocycles. The zero-order chi connectivity index (χ0) is 18.6. The molecule has 0 radical (unpaired) electrons. The maximum atomic E-state index is 12.9. The van der Waals surface area contributed by atoms with Crippen molar-refractivity contribution in [3.63, 3.8) is 0 Å². The molecule has 1 amide bonds.